The first-order chi connectivity index (χ1) is 8.74. The molecular formula is C13H12ClN3S. The van der Waals surface area contributed by atoms with E-state index in [2.05, 4.69) is 16.2 Å². The van der Waals surface area contributed by atoms with Gasteiger partial charge in [-0.2, -0.15) is 0 Å². The molecule has 5 heteroatoms. The van der Waals surface area contributed by atoms with E-state index >= 15 is 0 Å². The van der Waals surface area contributed by atoms with Crippen molar-refractivity contribution in [2.75, 3.05) is 10.7 Å². The third kappa shape index (κ3) is 3.91. The number of para-hydroxylation sites is 1. The molecule has 0 atom stereocenters. The van der Waals surface area contributed by atoms with Crippen LogP contribution >= 0.6 is 23.8 Å². The van der Waals surface area contributed by atoms with E-state index in [0.717, 1.165) is 11.4 Å². The number of hydrogen-bond acceptors (Lipinski definition) is 2. The molecule has 0 amide bonds. The minimum absolute atomic E-state index is 0.487. The predicted molar refractivity (Wildman–Crippen MR) is 80.9 cm³/mol. The minimum Gasteiger partial charge on any atom is -0.331 e. The van der Waals surface area contributed by atoms with Gasteiger partial charge >= 0.3 is 0 Å². The topological polar surface area (TPSA) is 36.1 Å². The first-order valence-corrected chi connectivity index (χ1v) is 6.16. The zero-order valence-electron chi connectivity index (χ0n) is 9.48. The van der Waals surface area contributed by atoms with Gasteiger partial charge in [0.15, 0.2) is 5.11 Å². The van der Waals surface area contributed by atoms with Gasteiger partial charge in [0.2, 0.25) is 0 Å². The summed E-state index contributed by atoms with van der Waals surface area (Å²) in [7, 11) is 0. The van der Waals surface area contributed by atoms with Crippen molar-refractivity contribution in [3.8, 4) is 0 Å². The van der Waals surface area contributed by atoms with Gasteiger partial charge < -0.3 is 5.32 Å². The lowest BCUT2D eigenvalue weighted by Gasteiger charge is -2.12. The summed E-state index contributed by atoms with van der Waals surface area (Å²) in [6, 6.07) is 17.1. The fourth-order valence-electron chi connectivity index (χ4n) is 1.35. The average molecular weight is 278 g/mol. The van der Waals surface area contributed by atoms with Crippen LogP contribution < -0.4 is 16.2 Å². The summed E-state index contributed by atoms with van der Waals surface area (Å²) >= 11 is 11.0. The highest BCUT2D eigenvalue weighted by atomic mass is 35.5. The first-order valence-electron chi connectivity index (χ1n) is 5.38. The number of thiocarbonyl (C=S) groups is 1. The highest BCUT2D eigenvalue weighted by Crippen LogP contribution is 2.13. The van der Waals surface area contributed by atoms with E-state index in [1.807, 2.05) is 42.5 Å². The van der Waals surface area contributed by atoms with E-state index < -0.39 is 0 Å². The fraction of sp³-hybridized carbons (Fsp3) is 0. The Balaban J connectivity index is 1.84. The number of hydrazine groups is 1. The molecule has 2 rings (SSSR count). The van der Waals surface area contributed by atoms with Crippen LogP contribution in [0.25, 0.3) is 0 Å². The van der Waals surface area contributed by atoms with Gasteiger partial charge in [0, 0.05) is 10.7 Å². The Hall–Kier alpha value is -1.78. The van der Waals surface area contributed by atoms with Gasteiger partial charge in [0.25, 0.3) is 0 Å². The largest absolute Gasteiger partial charge is 0.331 e. The van der Waals surface area contributed by atoms with Gasteiger partial charge in [0.05, 0.1) is 5.69 Å². The molecular weight excluding hydrogens is 266 g/mol. The molecule has 0 radical (unpaired) electrons. The summed E-state index contributed by atoms with van der Waals surface area (Å²) in [5.41, 5.74) is 7.72. The second kappa shape index (κ2) is 6.23. The van der Waals surface area contributed by atoms with Crippen LogP contribution in [0.3, 0.4) is 0 Å². The molecule has 0 bridgehead atoms. The van der Waals surface area contributed by atoms with Crippen molar-refractivity contribution in [1.82, 2.24) is 5.43 Å². The third-order valence-corrected chi connectivity index (χ3v) is 2.65. The summed E-state index contributed by atoms with van der Waals surface area (Å²) in [4.78, 5) is 0. The van der Waals surface area contributed by atoms with Crippen LogP contribution in [-0.4, -0.2) is 5.11 Å². The normalized spacial score (nSPS) is 9.61. The minimum atomic E-state index is 0.487. The van der Waals surface area contributed by atoms with Crippen molar-refractivity contribution in [2.45, 2.75) is 0 Å². The van der Waals surface area contributed by atoms with Crippen molar-refractivity contribution in [2.24, 2.45) is 0 Å². The molecule has 2 aromatic rings. The van der Waals surface area contributed by atoms with E-state index in [9.17, 15) is 0 Å². The predicted octanol–water partition coefficient (Wildman–Crippen LogP) is 3.65. The van der Waals surface area contributed by atoms with Crippen molar-refractivity contribution in [1.29, 1.82) is 0 Å². The second-order valence-electron chi connectivity index (χ2n) is 3.58. The molecule has 0 saturated heterocycles. The number of rotatable bonds is 3. The lowest BCUT2D eigenvalue weighted by molar-refractivity contribution is 1.14. The Morgan fingerprint density at radius 1 is 0.889 bits per heavy atom. The van der Waals surface area contributed by atoms with Crippen molar-refractivity contribution >= 4 is 40.3 Å². The highest BCUT2D eigenvalue weighted by molar-refractivity contribution is 7.80. The molecule has 92 valence electrons. The van der Waals surface area contributed by atoms with Crippen molar-refractivity contribution < 1.29 is 0 Å². The van der Waals surface area contributed by atoms with Crippen LogP contribution in [0.1, 0.15) is 0 Å². The Labute approximate surface area is 116 Å². The summed E-state index contributed by atoms with van der Waals surface area (Å²) in [6.07, 6.45) is 0. The van der Waals surface area contributed by atoms with E-state index in [1.54, 1.807) is 12.1 Å². The average Bonchev–Trinajstić information content (AvgIpc) is 2.40. The van der Waals surface area contributed by atoms with Gasteiger partial charge in [-0.25, -0.2) is 0 Å². The molecule has 3 nitrogen and oxygen atoms in total. The highest BCUT2D eigenvalue weighted by Gasteiger charge is 1.97. The molecule has 0 aliphatic carbocycles. The van der Waals surface area contributed by atoms with E-state index in [4.69, 9.17) is 23.8 Å². The van der Waals surface area contributed by atoms with Gasteiger partial charge in [-0.3, -0.25) is 10.9 Å². The van der Waals surface area contributed by atoms with Crippen LogP contribution in [0, 0.1) is 0 Å². The van der Waals surface area contributed by atoms with E-state index in [1.165, 1.54) is 0 Å². The Morgan fingerprint density at radius 3 is 2.22 bits per heavy atom. The Morgan fingerprint density at radius 2 is 1.56 bits per heavy atom. The number of nitrogens with one attached hydrogen (secondary N) is 3. The van der Waals surface area contributed by atoms with Gasteiger partial charge in [-0.1, -0.05) is 29.8 Å². The molecule has 0 saturated carbocycles. The van der Waals surface area contributed by atoms with E-state index in [-0.39, 0.29) is 0 Å². The molecule has 3 N–H and O–H groups in total. The first kappa shape index (κ1) is 12.7. The molecule has 0 fully saturated rings. The SMILES string of the molecule is S=C(NNc1ccccc1)Nc1ccc(Cl)cc1. The van der Waals surface area contributed by atoms with Crippen LogP contribution in [0.5, 0.6) is 0 Å². The Bertz CT molecular complexity index is 514. The van der Waals surface area contributed by atoms with Gasteiger partial charge in [-0.15, -0.1) is 0 Å². The molecule has 0 aliphatic heterocycles. The molecule has 0 aromatic heterocycles. The summed E-state index contributed by atoms with van der Waals surface area (Å²) in [6.45, 7) is 0. The zero-order chi connectivity index (χ0) is 12.8. The lowest BCUT2D eigenvalue weighted by Crippen LogP contribution is -2.33. The lowest BCUT2D eigenvalue weighted by atomic mass is 10.3. The fourth-order valence-corrected chi connectivity index (χ4v) is 1.64. The maximum Gasteiger partial charge on any atom is 0.189 e. The number of halogens is 1. The standard InChI is InChI=1S/C13H12ClN3S/c14-10-6-8-11(9-7-10)15-13(18)17-16-12-4-2-1-3-5-12/h1-9,16H,(H2,15,17,18). The quantitative estimate of drug-likeness (QED) is 0.591. The molecule has 0 unspecified atom stereocenters. The maximum atomic E-state index is 5.80. The molecule has 2 aromatic carbocycles. The van der Waals surface area contributed by atoms with Gasteiger partial charge in [0.1, 0.15) is 0 Å². The van der Waals surface area contributed by atoms with Crippen molar-refractivity contribution in [3.63, 3.8) is 0 Å². The van der Waals surface area contributed by atoms with E-state index in [0.29, 0.717) is 10.1 Å². The molecule has 0 spiro atoms. The molecule has 0 aliphatic rings. The summed E-state index contributed by atoms with van der Waals surface area (Å²) in [5.74, 6) is 0. The van der Waals surface area contributed by atoms with Crippen LogP contribution in [0.2, 0.25) is 5.02 Å². The van der Waals surface area contributed by atoms with Gasteiger partial charge in [-0.05, 0) is 48.6 Å². The van der Waals surface area contributed by atoms with Crippen LogP contribution in [-0.2, 0) is 0 Å². The maximum absolute atomic E-state index is 5.80. The number of anilines is 2. The number of benzene rings is 2. The second-order valence-corrected chi connectivity index (χ2v) is 4.42. The summed E-state index contributed by atoms with van der Waals surface area (Å²) in [5, 5.41) is 4.22. The smallest absolute Gasteiger partial charge is 0.189 e. The molecule has 0 heterocycles. The number of hydrogen-bond donors (Lipinski definition) is 3. The third-order valence-electron chi connectivity index (χ3n) is 2.20. The Kier molecular flexibility index (Phi) is 4.39. The monoisotopic (exact) mass is 277 g/mol. The van der Waals surface area contributed by atoms with Crippen LogP contribution in [0.4, 0.5) is 11.4 Å². The molecule has 18 heavy (non-hydrogen) atoms. The zero-order valence-corrected chi connectivity index (χ0v) is 11.1. The van der Waals surface area contributed by atoms with Crippen LogP contribution in [0.15, 0.2) is 54.6 Å². The van der Waals surface area contributed by atoms with Crippen molar-refractivity contribution in [3.05, 3.63) is 59.6 Å². The summed E-state index contributed by atoms with van der Waals surface area (Å²) < 4.78 is 0.